The van der Waals surface area contributed by atoms with E-state index in [1.54, 1.807) is 19.2 Å². The van der Waals surface area contributed by atoms with E-state index in [4.69, 9.17) is 4.74 Å². The molecule has 0 saturated carbocycles. The van der Waals surface area contributed by atoms with Crippen LogP contribution in [0, 0.1) is 11.6 Å². The van der Waals surface area contributed by atoms with E-state index in [0.29, 0.717) is 73.2 Å². The number of hydrogen-bond acceptors (Lipinski definition) is 11. The molecule has 1 atom stereocenters. The molecule has 5 heterocycles. The normalized spacial score (nSPS) is 18.4. The number of allylic oxidation sites excluding steroid dienone is 3. The molecule has 64 heavy (non-hydrogen) atoms. The number of ketones is 1. The molecule has 0 radical (unpaired) electrons. The first-order valence-corrected chi connectivity index (χ1v) is 22.5. The molecule has 0 bridgehead atoms. The van der Waals surface area contributed by atoms with Gasteiger partial charge in [0, 0.05) is 76.0 Å². The molecule has 7 rings (SSSR count). The van der Waals surface area contributed by atoms with Crippen molar-refractivity contribution in [2.45, 2.75) is 51.6 Å². The van der Waals surface area contributed by atoms with E-state index in [2.05, 4.69) is 41.5 Å². The van der Waals surface area contributed by atoms with Crippen LogP contribution in [0.4, 0.5) is 14.5 Å². The molecular formula is C45H51F2N9O7S. The Balaban J connectivity index is 0.920. The van der Waals surface area contributed by atoms with E-state index < -0.39 is 50.9 Å². The number of amides is 3. The van der Waals surface area contributed by atoms with E-state index in [1.807, 2.05) is 48.2 Å². The molecule has 2 aromatic carbocycles. The third kappa shape index (κ3) is 10.2. The van der Waals surface area contributed by atoms with Gasteiger partial charge >= 0.3 is 10.2 Å². The standard InChI is InChI=1S/C45H51F2N9O7S/c1-5-53(4)64(61,62)52-36-12-11-35(46)41(42(36)47)43(59)34-26-50-44-33(34)24-31(25-49-44)28(2)6-14-38(48-3)55-20-22-56(23-21-55)40(58)27-54-18-16-30(17-19-54)29-7-9-32(10-8-29)63-37-13-15-39(57)51-45(37)60/h6-12,14,24-26,30,37,52H,3,5,13,15-23,27H2,1-2,4H3,(H,49,50)(H,51,57,60)/b28-6+,38-14+/t37-/m0/s1. The van der Waals surface area contributed by atoms with Gasteiger partial charge in [0.1, 0.15) is 23.0 Å². The number of imide groups is 1. The van der Waals surface area contributed by atoms with Crippen molar-refractivity contribution in [1.82, 2.24) is 34.3 Å². The summed E-state index contributed by atoms with van der Waals surface area (Å²) in [6.07, 6.45) is 8.30. The van der Waals surface area contributed by atoms with Crippen molar-refractivity contribution >= 4 is 62.7 Å². The number of piperazine rings is 1. The fraction of sp³-hybridized carbons (Fsp3) is 0.378. The average molecular weight is 900 g/mol. The summed E-state index contributed by atoms with van der Waals surface area (Å²) >= 11 is 0. The van der Waals surface area contributed by atoms with Crippen LogP contribution in [0.2, 0.25) is 0 Å². The Bertz CT molecular complexity index is 2620. The number of nitrogens with one attached hydrogen (secondary N) is 3. The van der Waals surface area contributed by atoms with Gasteiger partial charge in [0.05, 0.1) is 17.8 Å². The third-order valence-electron chi connectivity index (χ3n) is 12.0. The maximum absolute atomic E-state index is 15.6. The Kier molecular flexibility index (Phi) is 14.0. The van der Waals surface area contributed by atoms with Crippen LogP contribution in [0.15, 0.2) is 77.8 Å². The Morgan fingerprint density at radius 2 is 1.72 bits per heavy atom. The molecule has 0 unspecified atom stereocenters. The summed E-state index contributed by atoms with van der Waals surface area (Å²) in [6, 6.07) is 11.2. The summed E-state index contributed by atoms with van der Waals surface area (Å²) < 4.78 is 64.6. The van der Waals surface area contributed by atoms with Crippen LogP contribution in [0.3, 0.4) is 0 Å². The Morgan fingerprint density at radius 3 is 2.39 bits per heavy atom. The molecule has 2 aromatic heterocycles. The molecule has 3 N–H and O–H groups in total. The number of ether oxygens (including phenoxy) is 1. The van der Waals surface area contributed by atoms with Crippen LogP contribution < -0.4 is 14.8 Å². The largest absolute Gasteiger partial charge is 0.481 e. The predicted molar refractivity (Wildman–Crippen MR) is 238 cm³/mol. The highest BCUT2D eigenvalue weighted by atomic mass is 32.2. The minimum absolute atomic E-state index is 0.0512. The van der Waals surface area contributed by atoms with E-state index >= 15 is 8.78 Å². The summed E-state index contributed by atoms with van der Waals surface area (Å²) in [6.45, 7) is 11.4. The van der Waals surface area contributed by atoms with E-state index in [0.717, 1.165) is 47.9 Å². The number of aliphatic imine (C=N–C) groups is 1. The van der Waals surface area contributed by atoms with Gasteiger partial charge in [-0.25, -0.2) is 18.8 Å². The van der Waals surface area contributed by atoms with Crippen LogP contribution in [-0.2, 0) is 24.6 Å². The lowest BCUT2D eigenvalue weighted by atomic mass is 9.89. The third-order valence-corrected chi connectivity index (χ3v) is 13.6. The monoisotopic (exact) mass is 899 g/mol. The number of anilines is 1. The average Bonchev–Trinajstić information content (AvgIpc) is 3.72. The Labute approximate surface area is 370 Å². The highest BCUT2D eigenvalue weighted by Crippen LogP contribution is 2.31. The number of piperidine rings is 2. The van der Waals surface area contributed by atoms with Crippen molar-refractivity contribution in [1.29, 1.82) is 0 Å². The lowest BCUT2D eigenvalue weighted by molar-refractivity contribution is -0.139. The van der Waals surface area contributed by atoms with Gasteiger partial charge in [0.25, 0.3) is 5.91 Å². The first-order valence-electron chi connectivity index (χ1n) is 21.1. The number of aromatic amines is 1. The van der Waals surface area contributed by atoms with Crippen LogP contribution in [0.1, 0.15) is 72.5 Å². The number of H-pyrrole nitrogens is 1. The molecule has 3 aliphatic rings. The van der Waals surface area contributed by atoms with E-state index in [9.17, 15) is 27.6 Å². The number of likely N-dealkylation sites (tertiary alicyclic amines) is 1. The number of hydrogen-bond donors (Lipinski definition) is 3. The maximum Gasteiger partial charge on any atom is 0.301 e. The van der Waals surface area contributed by atoms with Crippen LogP contribution >= 0.6 is 0 Å². The molecular weight excluding hydrogens is 849 g/mol. The van der Waals surface area contributed by atoms with E-state index in [1.165, 1.54) is 18.8 Å². The molecule has 19 heteroatoms. The van der Waals surface area contributed by atoms with Crippen molar-refractivity contribution in [2.24, 2.45) is 4.99 Å². The second kappa shape index (κ2) is 19.6. The van der Waals surface area contributed by atoms with Crippen molar-refractivity contribution in [3.05, 3.63) is 107 Å². The van der Waals surface area contributed by atoms with Gasteiger partial charge < -0.3 is 19.5 Å². The van der Waals surface area contributed by atoms with Gasteiger partial charge in [-0.05, 0) is 98.6 Å². The lowest BCUT2D eigenvalue weighted by Gasteiger charge is -2.38. The predicted octanol–water partition coefficient (Wildman–Crippen LogP) is 4.83. The highest BCUT2D eigenvalue weighted by molar-refractivity contribution is 7.90. The zero-order chi connectivity index (χ0) is 45.7. The summed E-state index contributed by atoms with van der Waals surface area (Å²) in [7, 11) is -2.86. The minimum Gasteiger partial charge on any atom is -0.481 e. The molecule has 3 amide bonds. The van der Waals surface area contributed by atoms with Crippen molar-refractivity contribution in [3.8, 4) is 5.75 Å². The number of fused-ring (bicyclic) bond motifs is 1. The molecule has 0 spiro atoms. The number of halogens is 2. The first kappa shape index (κ1) is 45.7. The topological polar surface area (TPSA) is 190 Å². The number of aromatic nitrogens is 2. The van der Waals surface area contributed by atoms with Gasteiger partial charge in [-0.1, -0.05) is 25.1 Å². The zero-order valence-corrected chi connectivity index (χ0v) is 36.7. The minimum atomic E-state index is -4.15. The maximum atomic E-state index is 15.6. The van der Waals surface area contributed by atoms with Crippen LogP contribution in [0.25, 0.3) is 16.6 Å². The van der Waals surface area contributed by atoms with Crippen molar-refractivity contribution < 1.29 is 41.1 Å². The van der Waals surface area contributed by atoms with Gasteiger partial charge in [-0.3, -0.25) is 34.1 Å². The van der Waals surface area contributed by atoms with E-state index in [-0.39, 0.29) is 30.3 Å². The summed E-state index contributed by atoms with van der Waals surface area (Å²) in [5.41, 5.74) is 1.34. The Hall–Kier alpha value is -6.31. The fourth-order valence-electron chi connectivity index (χ4n) is 7.99. The smallest absolute Gasteiger partial charge is 0.301 e. The molecule has 3 saturated heterocycles. The molecule has 16 nitrogen and oxygen atoms in total. The van der Waals surface area contributed by atoms with Gasteiger partial charge in [0.15, 0.2) is 11.9 Å². The van der Waals surface area contributed by atoms with Gasteiger partial charge in [0.2, 0.25) is 17.6 Å². The SMILES string of the molecule is C=N/C(=C\C=C(/C)c1cnc2[nH]cc(C(=O)c3c(F)ccc(NS(=O)(=O)N(C)CC)c3F)c2c1)N1CCN(C(=O)CN2CCC(c3ccc(O[C@H]4CCC(=O)NC4=O)cc3)CC2)CC1. The number of carbonyl (C=O) groups excluding carboxylic acids is 4. The van der Waals surface area contributed by atoms with Crippen LogP contribution in [-0.4, -0.2) is 133 Å². The number of nitrogens with zero attached hydrogens (tertiary/aromatic N) is 6. The molecule has 338 valence electrons. The zero-order valence-electron chi connectivity index (χ0n) is 35.9. The number of rotatable bonds is 15. The first-order chi connectivity index (χ1) is 30.6. The Morgan fingerprint density at radius 1 is 1.02 bits per heavy atom. The lowest BCUT2D eigenvalue weighted by Crippen LogP contribution is -2.51. The van der Waals surface area contributed by atoms with Crippen molar-refractivity contribution in [3.63, 3.8) is 0 Å². The van der Waals surface area contributed by atoms with Crippen molar-refractivity contribution in [2.75, 3.05) is 64.1 Å². The summed E-state index contributed by atoms with van der Waals surface area (Å²) in [4.78, 5) is 68.2. The quantitative estimate of drug-likeness (QED) is 0.0645. The summed E-state index contributed by atoms with van der Waals surface area (Å²) in [5.74, 6) is -2.55. The second-order valence-electron chi connectivity index (χ2n) is 16.0. The fourth-order valence-corrected chi connectivity index (χ4v) is 8.92. The summed E-state index contributed by atoms with van der Waals surface area (Å²) in [5, 5.41) is 2.62. The number of pyridine rings is 1. The van der Waals surface area contributed by atoms with Gasteiger partial charge in [-0.15, -0.1) is 0 Å². The molecule has 0 aliphatic carbocycles. The molecule has 3 fully saturated rings. The number of benzene rings is 2. The number of carbonyl (C=O) groups is 4. The van der Waals surface area contributed by atoms with Crippen LogP contribution in [0.5, 0.6) is 5.75 Å². The molecule has 3 aliphatic heterocycles. The molecule has 4 aromatic rings. The van der Waals surface area contributed by atoms with Gasteiger partial charge in [-0.2, -0.15) is 12.7 Å². The highest BCUT2D eigenvalue weighted by Gasteiger charge is 2.30. The second-order valence-corrected chi connectivity index (χ2v) is 17.8.